The molecule has 0 bridgehead atoms. The number of β-amino-alcohol motifs (C(OH)–C–C–N with tert-alkyl or cyclic N) is 1. The molecule has 3 N–H and O–H groups in total. The van der Waals surface area contributed by atoms with Crippen LogP contribution in [0.3, 0.4) is 0 Å². The number of hydrogen-bond donors (Lipinski definition) is 3. The highest BCUT2D eigenvalue weighted by Crippen LogP contribution is 2.68. The Morgan fingerprint density at radius 3 is 2.69 bits per heavy atom. The first-order valence-electron chi connectivity index (χ1n) is 10.2. The third-order valence-electron chi connectivity index (χ3n) is 7.24. The van der Waals surface area contributed by atoms with E-state index < -0.39 is 11.5 Å². The summed E-state index contributed by atoms with van der Waals surface area (Å²) < 4.78 is 0. The summed E-state index contributed by atoms with van der Waals surface area (Å²) in [5.41, 5.74) is 4.60. The van der Waals surface area contributed by atoms with Gasteiger partial charge in [-0.1, -0.05) is 30.3 Å². The minimum Gasteiger partial charge on any atom is -0.396 e. The fourth-order valence-electron chi connectivity index (χ4n) is 5.50. The summed E-state index contributed by atoms with van der Waals surface area (Å²) in [6.45, 7) is 4.88. The van der Waals surface area contributed by atoms with Crippen molar-refractivity contribution in [3.05, 3.63) is 70.9 Å². The number of amides is 1. The third kappa shape index (κ3) is 2.57. The van der Waals surface area contributed by atoms with Crippen LogP contribution >= 0.6 is 0 Å². The van der Waals surface area contributed by atoms with Crippen molar-refractivity contribution >= 4 is 16.8 Å². The maximum Gasteiger partial charge on any atom is 0.253 e. The van der Waals surface area contributed by atoms with Crippen molar-refractivity contribution in [1.29, 1.82) is 0 Å². The predicted octanol–water partition coefficient (Wildman–Crippen LogP) is 2.99. The second kappa shape index (κ2) is 6.44. The number of aryl methyl sites for hydroxylation is 2. The van der Waals surface area contributed by atoms with E-state index in [9.17, 15) is 15.0 Å². The van der Waals surface area contributed by atoms with Gasteiger partial charge >= 0.3 is 0 Å². The number of nitrogens with zero attached hydrogens (tertiary/aromatic N) is 1. The zero-order valence-corrected chi connectivity index (χ0v) is 16.7. The molecule has 1 saturated carbocycles. The second-order valence-electron chi connectivity index (χ2n) is 8.63. The molecule has 5 nitrogen and oxygen atoms in total. The molecule has 1 aliphatic heterocycles. The van der Waals surface area contributed by atoms with Gasteiger partial charge in [-0.2, -0.15) is 0 Å². The number of benzene rings is 2. The van der Waals surface area contributed by atoms with Gasteiger partial charge in [0.05, 0.1) is 6.10 Å². The number of hydrogen-bond acceptors (Lipinski definition) is 3. The first-order valence-corrected chi connectivity index (χ1v) is 10.2. The SMILES string of the molecule is Cc1[nH]c2ccc(C(=O)N3C[C@H](O)[C@@]4(C3)[C@H](CO)[C@H]4c3ccccc3)cc2c1C. The molecular formula is C24H26N2O3. The van der Waals surface area contributed by atoms with E-state index >= 15 is 0 Å². The van der Waals surface area contributed by atoms with E-state index in [2.05, 4.69) is 11.9 Å². The van der Waals surface area contributed by atoms with Crippen LogP contribution in [0.5, 0.6) is 0 Å². The van der Waals surface area contributed by atoms with Crippen LogP contribution in [0.2, 0.25) is 0 Å². The van der Waals surface area contributed by atoms with Crippen molar-refractivity contribution in [3.8, 4) is 0 Å². The smallest absolute Gasteiger partial charge is 0.253 e. The van der Waals surface area contributed by atoms with E-state index in [1.165, 1.54) is 0 Å². The van der Waals surface area contributed by atoms with Crippen LogP contribution in [-0.2, 0) is 0 Å². The van der Waals surface area contributed by atoms with Crippen LogP contribution in [0.25, 0.3) is 10.9 Å². The third-order valence-corrected chi connectivity index (χ3v) is 7.24. The Labute approximate surface area is 170 Å². The Morgan fingerprint density at radius 2 is 1.97 bits per heavy atom. The number of aromatic amines is 1. The summed E-state index contributed by atoms with van der Waals surface area (Å²) >= 11 is 0. The predicted molar refractivity (Wildman–Crippen MR) is 112 cm³/mol. The van der Waals surface area contributed by atoms with Crippen molar-refractivity contribution in [2.24, 2.45) is 11.3 Å². The Morgan fingerprint density at radius 1 is 1.21 bits per heavy atom. The summed E-state index contributed by atoms with van der Waals surface area (Å²) in [6.07, 6.45) is -0.631. The Balaban J connectivity index is 1.44. The molecule has 1 aromatic heterocycles. The van der Waals surface area contributed by atoms with Crippen molar-refractivity contribution in [2.45, 2.75) is 25.9 Å². The zero-order chi connectivity index (χ0) is 20.3. The van der Waals surface area contributed by atoms with Gasteiger partial charge in [-0.25, -0.2) is 0 Å². The molecule has 2 fully saturated rings. The van der Waals surface area contributed by atoms with Gasteiger partial charge in [-0.15, -0.1) is 0 Å². The molecule has 1 spiro atoms. The summed E-state index contributed by atoms with van der Waals surface area (Å²) in [6, 6.07) is 15.8. The summed E-state index contributed by atoms with van der Waals surface area (Å²) in [5.74, 6) is 0.00442. The standard InChI is InChI=1S/C24H26N2O3/c1-14-15(2)25-20-9-8-17(10-18(14)20)23(29)26-11-21(28)24(13-26)19(12-27)22(24)16-6-4-3-5-7-16/h3-10,19,21-22,25,27-28H,11-13H2,1-2H3/t19-,21+,22-,24-/m1/s1. The Bertz CT molecular complexity index is 1090. The Kier molecular flexibility index (Phi) is 4.09. The lowest BCUT2D eigenvalue weighted by Gasteiger charge is -2.17. The zero-order valence-electron chi connectivity index (χ0n) is 16.7. The van der Waals surface area contributed by atoms with Crippen molar-refractivity contribution in [3.63, 3.8) is 0 Å². The molecular weight excluding hydrogens is 364 g/mol. The average molecular weight is 390 g/mol. The highest BCUT2D eigenvalue weighted by atomic mass is 16.3. The maximum absolute atomic E-state index is 13.3. The number of aliphatic hydroxyl groups excluding tert-OH is 2. The topological polar surface area (TPSA) is 76.6 Å². The highest BCUT2D eigenvalue weighted by Gasteiger charge is 2.71. The van der Waals surface area contributed by atoms with Crippen LogP contribution in [0.1, 0.15) is 33.1 Å². The number of aliphatic hydroxyl groups is 2. The van der Waals surface area contributed by atoms with E-state index in [1.807, 2.05) is 55.5 Å². The second-order valence-corrected chi connectivity index (χ2v) is 8.63. The molecule has 2 heterocycles. The van der Waals surface area contributed by atoms with Crippen molar-refractivity contribution in [1.82, 2.24) is 9.88 Å². The van der Waals surface area contributed by atoms with Crippen molar-refractivity contribution < 1.29 is 15.0 Å². The van der Waals surface area contributed by atoms with E-state index in [-0.39, 0.29) is 24.3 Å². The van der Waals surface area contributed by atoms with Gasteiger partial charge < -0.3 is 20.1 Å². The number of nitrogens with one attached hydrogen (secondary N) is 1. The highest BCUT2D eigenvalue weighted by molar-refractivity contribution is 5.99. The molecule has 29 heavy (non-hydrogen) atoms. The summed E-state index contributed by atoms with van der Waals surface area (Å²) in [4.78, 5) is 18.3. The molecule has 2 aliphatic rings. The largest absolute Gasteiger partial charge is 0.396 e. The van der Waals surface area contributed by atoms with Crippen LogP contribution in [0.15, 0.2) is 48.5 Å². The molecule has 1 aliphatic carbocycles. The number of likely N-dealkylation sites (tertiary alicyclic amines) is 1. The first-order chi connectivity index (χ1) is 14.0. The molecule has 150 valence electrons. The Hall–Kier alpha value is -2.63. The minimum atomic E-state index is -0.631. The van der Waals surface area contributed by atoms with Gasteiger partial charge in [-0.05, 0) is 55.0 Å². The van der Waals surface area contributed by atoms with Crippen LogP contribution in [0, 0.1) is 25.2 Å². The van der Waals surface area contributed by atoms with Gasteiger partial charge in [0.25, 0.3) is 5.91 Å². The molecule has 5 rings (SSSR count). The summed E-state index contributed by atoms with van der Waals surface area (Å²) in [7, 11) is 0. The number of H-pyrrole nitrogens is 1. The van der Waals surface area contributed by atoms with Gasteiger partial charge in [0.2, 0.25) is 0 Å². The van der Waals surface area contributed by atoms with Crippen LogP contribution in [-0.4, -0.2) is 51.8 Å². The molecule has 5 heteroatoms. The maximum atomic E-state index is 13.3. The van der Waals surface area contributed by atoms with E-state index in [4.69, 9.17) is 0 Å². The van der Waals surface area contributed by atoms with Crippen molar-refractivity contribution in [2.75, 3.05) is 19.7 Å². The molecule has 1 saturated heterocycles. The monoisotopic (exact) mass is 390 g/mol. The van der Waals surface area contributed by atoms with Gasteiger partial charge in [0, 0.05) is 47.3 Å². The number of fused-ring (bicyclic) bond motifs is 1. The van der Waals surface area contributed by atoms with E-state index in [0.29, 0.717) is 18.7 Å². The molecule has 2 aromatic carbocycles. The molecule has 4 atom stereocenters. The number of aromatic nitrogens is 1. The normalized spacial score (nSPS) is 28.4. The fourth-order valence-corrected chi connectivity index (χ4v) is 5.50. The average Bonchev–Trinajstić information content (AvgIpc) is 3.14. The van der Waals surface area contributed by atoms with Gasteiger partial charge in [0.1, 0.15) is 0 Å². The number of rotatable bonds is 3. The van der Waals surface area contributed by atoms with Crippen LogP contribution < -0.4 is 0 Å². The lowest BCUT2D eigenvalue weighted by Crippen LogP contribution is -2.29. The molecule has 0 unspecified atom stereocenters. The molecule has 1 amide bonds. The minimum absolute atomic E-state index is 0.0188. The lowest BCUT2D eigenvalue weighted by molar-refractivity contribution is 0.0764. The number of carbonyl (C=O) groups is 1. The first kappa shape index (κ1) is 18.4. The van der Waals surface area contributed by atoms with Crippen LogP contribution in [0.4, 0.5) is 0 Å². The van der Waals surface area contributed by atoms with Gasteiger partial charge in [0.15, 0.2) is 0 Å². The fraction of sp³-hybridized carbons (Fsp3) is 0.375. The van der Waals surface area contributed by atoms with E-state index in [1.54, 1.807) is 4.90 Å². The molecule has 3 aromatic rings. The lowest BCUT2D eigenvalue weighted by atomic mass is 9.95. The molecule has 0 radical (unpaired) electrons. The van der Waals surface area contributed by atoms with Gasteiger partial charge in [-0.3, -0.25) is 4.79 Å². The van der Waals surface area contributed by atoms with E-state index in [0.717, 1.165) is 27.7 Å². The number of carbonyl (C=O) groups excluding carboxylic acids is 1. The summed E-state index contributed by atoms with van der Waals surface area (Å²) in [5, 5.41) is 21.9. The quantitative estimate of drug-likeness (QED) is 0.643.